The van der Waals surface area contributed by atoms with Gasteiger partial charge in [-0.25, -0.2) is 0 Å². The molecule has 2 atom stereocenters. The van der Waals surface area contributed by atoms with Crippen molar-refractivity contribution in [3.05, 3.63) is 35.4 Å². The predicted molar refractivity (Wildman–Crippen MR) is 60.3 cm³/mol. The van der Waals surface area contributed by atoms with Crippen LogP contribution in [-0.2, 0) is 6.18 Å². The average molecular weight is 243 g/mol. The van der Waals surface area contributed by atoms with Crippen LogP contribution in [-0.4, -0.2) is 0 Å². The van der Waals surface area contributed by atoms with E-state index in [4.69, 9.17) is 5.73 Å². The summed E-state index contributed by atoms with van der Waals surface area (Å²) in [4.78, 5) is 0. The summed E-state index contributed by atoms with van der Waals surface area (Å²) in [5, 5.41) is 0. The molecule has 4 heteroatoms. The third-order valence-electron chi connectivity index (χ3n) is 3.56. The van der Waals surface area contributed by atoms with Gasteiger partial charge in [0, 0.05) is 6.04 Å². The van der Waals surface area contributed by atoms with E-state index >= 15 is 0 Å². The van der Waals surface area contributed by atoms with Crippen molar-refractivity contribution < 1.29 is 13.2 Å². The monoisotopic (exact) mass is 243 g/mol. The van der Waals surface area contributed by atoms with Crippen LogP contribution >= 0.6 is 0 Å². The van der Waals surface area contributed by atoms with E-state index in [1.807, 2.05) is 6.92 Å². The first-order valence-electron chi connectivity index (χ1n) is 5.83. The van der Waals surface area contributed by atoms with Crippen LogP contribution in [0.25, 0.3) is 0 Å². The number of alkyl halides is 3. The Hall–Kier alpha value is -1.03. The Morgan fingerprint density at radius 1 is 1.24 bits per heavy atom. The highest BCUT2D eigenvalue weighted by molar-refractivity contribution is 5.32. The molecule has 0 saturated heterocycles. The molecular weight excluding hydrogens is 227 g/mol. The molecule has 1 aromatic carbocycles. The largest absolute Gasteiger partial charge is 0.416 e. The summed E-state index contributed by atoms with van der Waals surface area (Å²) in [7, 11) is 0. The van der Waals surface area contributed by atoms with E-state index in [9.17, 15) is 13.2 Å². The lowest BCUT2D eigenvalue weighted by Gasteiger charge is -2.23. The van der Waals surface area contributed by atoms with E-state index in [1.165, 1.54) is 12.1 Å². The zero-order valence-corrected chi connectivity index (χ0v) is 9.67. The molecule has 1 aliphatic rings. The lowest BCUT2D eigenvalue weighted by Crippen LogP contribution is -2.24. The number of hydrogen-bond acceptors (Lipinski definition) is 1. The minimum atomic E-state index is -4.32. The third-order valence-corrected chi connectivity index (χ3v) is 3.56. The molecule has 0 bridgehead atoms. The zero-order valence-electron chi connectivity index (χ0n) is 9.67. The minimum absolute atomic E-state index is 0.110. The van der Waals surface area contributed by atoms with Crippen molar-refractivity contribution in [2.45, 2.75) is 32.0 Å². The molecule has 0 aliphatic heterocycles. The van der Waals surface area contributed by atoms with E-state index < -0.39 is 17.8 Å². The highest BCUT2D eigenvalue weighted by atomic mass is 19.4. The van der Waals surface area contributed by atoms with Gasteiger partial charge in [0.15, 0.2) is 0 Å². The number of rotatable bonds is 3. The topological polar surface area (TPSA) is 26.0 Å². The van der Waals surface area contributed by atoms with Gasteiger partial charge in [-0.15, -0.1) is 0 Å². The van der Waals surface area contributed by atoms with Gasteiger partial charge in [-0.2, -0.15) is 13.2 Å². The summed E-state index contributed by atoms with van der Waals surface area (Å²) in [5.41, 5.74) is 5.60. The van der Waals surface area contributed by atoms with Gasteiger partial charge in [0.2, 0.25) is 0 Å². The molecule has 1 aromatic rings. The standard InChI is InChI=1S/C13H16F3N/c1-8(9-6-7-9)12(17)10-4-2-3-5-11(10)13(14,15)16/h2-5,8-9,12H,6-7,17H2,1H3. The Balaban J connectivity index is 2.30. The zero-order chi connectivity index (χ0) is 12.6. The number of nitrogens with two attached hydrogens (primary N) is 1. The Kier molecular flexibility index (Phi) is 3.17. The van der Waals surface area contributed by atoms with Crippen LogP contribution in [0, 0.1) is 11.8 Å². The Labute approximate surface area is 98.8 Å². The lowest BCUT2D eigenvalue weighted by atomic mass is 9.88. The van der Waals surface area contributed by atoms with E-state index in [0.717, 1.165) is 18.9 Å². The molecular formula is C13H16F3N. The number of benzene rings is 1. The van der Waals surface area contributed by atoms with Crippen molar-refractivity contribution in [1.29, 1.82) is 0 Å². The number of halogens is 3. The van der Waals surface area contributed by atoms with Crippen molar-refractivity contribution in [2.24, 2.45) is 17.6 Å². The SMILES string of the molecule is CC(C1CC1)C(N)c1ccccc1C(F)(F)F. The maximum Gasteiger partial charge on any atom is 0.416 e. The van der Waals surface area contributed by atoms with E-state index in [1.54, 1.807) is 6.07 Å². The predicted octanol–water partition coefficient (Wildman–Crippen LogP) is 3.75. The molecule has 17 heavy (non-hydrogen) atoms. The van der Waals surface area contributed by atoms with Crippen LogP contribution in [0.1, 0.15) is 36.9 Å². The molecule has 1 nitrogen and oxygen atoms in total. The molecule has 0 aromatic heterocycles. The van der Waals surface area contributed by atoms with Crippen LogP contribution in [0.3, 0.4) is 0 Å². The van der Waals surface area contributed by atoms with Gasteiger partial charge in [0.05, 0.1) is 5.56 Å². The summed E-state index contributed by atoms with van der Waals surface area (Å²) in [6, 6.07) is 5.09. The van der Waals surface area contributed by atoms with Crippen LogP contribution in [0.4, 0.5) is 13.2 Å². The summed E-state index contributed by atoms with van der Waals surface area (Å²) >= 11 is 0. The van der Waals surface area contributed by atoms with Gasteiger partial charge in [0.25, 0.3) is 0 Å². The van der Waals surface area contributed by atoms with Gasteiger partial charge < -0.3 is 5.73 Å². The van der Waals surface area contributed by atoms with E-state index in [0.29, 0.717) is 5.92 Å². The molecule has 2 N–H and O–H groups in total. The van der Waals surface area contributed by atoms with Crippen molar-refractivity contribution >= 4 is 0 Å². The van der Waals surface area contributed by atoms with Gasteiger partial charge >= 0.3 is 6.18 Å². The second-order valence-electron chi connectivity index (χ2n) is 4.81. The summed E-state index contributed by atoms with van der Waals surface area (Å²) in [6.07, 6.45) is -2.15. The van der Waals surface area contributed by atoms with Gasteiger partial charge in [-0.3, -0.25) is 0 Å². The molecule has 0 heterocycles. The maximum absolute atomic E-state index is 12.8. The molecule has 2 unspecified atom stereocenters. The smallest absolute Gasteiger partial charge is 0.324 e. The molecule has 0 spiro atoms. The second kappa shape index (κ2) is 4.33. The summed E-state index contributed by atoms with van der Waals surface area (Å²) in [6.45, 7) is 1.94. The highest BCUT2D eigenvalue weighted by Crippen LogP contribution is 2.44. The van der Waals surface area contributed by atoms with Crippen molar-refractivity contribution in [2.75, 3.05) is 0 Å². The first-order valence-corrected chi connectivity index (χ1v) is 5.83. The normalized spacial score (nSPS) is 20.1. The van der Waals surface area contributed by atoms with Crippen molar-refractivity contribution in [3.63, 3.8) is 0 Å². The second-order valence-corrected chi connectivity index (χ2v) is 4.81. The maximum atomic E-state index is 12.8. The fraction of sp³-hybridized carbons (Fsp3) is 0.538. The average Bonchev–Trinajstić information content (AvgIpc) is 3.10. The Morgan fingerprint density at radius 2 is 1.82 bits per heavy atom. The van der Waals surface area contributed by atoms with E-state index in [2.05, 4.69) is 0 Å². The fourth-order valence-electron chi connectivity index (χ4n) is 2.24. The minimum Gasteiger partial charge on any atom is -0.324 e. The van der Waals surface area contributed by atoms with Crippen LogP contribution < -0.4 is 5.73 Å². The van der Waals surface area contributed by atoms with Gasteiger partial charge in [-0.1, -0.05) is 25.1 Å². The Morgan fingerprint density at radius 3 is 2.35 bits per heavy atom. The number of hydrogen-bond donors (Lipinski definition) is 1. The molecule has 1 aliphatic carbocycles. The molecule has 2 rings (SSSR count). The summed E-state index contributed by atoms with van der Waals surface area (Å²) < 4.78 is 38.5. The lowest BCUT2D eigenvalue weighted by molar-refractivity contribution is -0.138. The molecule has 1 saturated carbocycles. The molecule has 1 fully saturated rings. The quantitative estimate of drug-likeness (QED) is 0.859. The first-order chi connectivity index (χ1) is 7.91. The molecule has 0 radical (unpaired) electrons. The first kappa shape index (κ1) is 12.4. The molecule has 0 amide bonds. The van der Waals surface area contributed by atoms with E-state index in [-0.39, 0.29) is 11.5 Å². The van der Waals surface area contributed by atoms with Crippen LogP contribution in [0.15, 0.2) is 24.3 Å². The summed E-state index contributed by atoms with van der Waals surface area (Å²) in [5.74, 6) is 0.602. The highest BCUT2D eigenvalue weighted by Gasteiger charge is 2.38. The fourth-order valence-corrected chi connectivity index (χ4v) is 2.24. The third kappa shape index (κ3) is 2.63. The van der Waals surface area contributed by atoms with Crippen LogP contribution in [0.2, 0.25) is 0 Å². The van der Waals surface area contributed by atoms with Crippen LogP contribution in [0.5, 0.6) is 0 Å². The van der Waals surface area contributed by atoms with Gasteiger partial charge in [0.1, 0.15) is 0 Å². The molecule has 94 valence electrons. The van der Waals surface area contributed by atoms with Crippen molar-refractivity contribution in [3.8, 4) is 0 Å². The van der Waals surface area contributed by atoms with Crippen molar-refractivity contribution in [1.82, 2.24) is 0 Å². The van der Waals surface area contributed by atoms with Gasteiger partial charge in [-0.05, 0) is 36.3 Å². The Bertz CT molecular complexity index is 396.